The Labute approximate surface area is 182 Å². The van der Waals surface area contributed by atoms with Crippen LogP contribution in [0.1, 0.15) is 29.7 Å². The molecule has 2 atom stereocenters. The molecule has 0 saturated heterocycles. The van der Waals surface area contributed by atoms with Gasteiger partial charge in [-0.2, -0.15) is 0 Å². The summed E-state index contributed by atoms with van der Waals surface area (Å²) in [4.78, 5) is 14.1. The van der Waals surface area contributed by atoms with E-state index in [1.54, 1.807) is 14.2 Å². The fourth-order valence-electron chi connectivity index (χ4n) is 3.30. The van der Waals surface area contributed by atoms with Gasteiger partial charge in [-0.05, 0) is 48.7 Å². The van der Waals surface area contributed by atoms with Crippen LogP contribution in [0.2, 0.25) is 0 Å². The third-order valence-electron chi connectivity index (χ3n) is 4.96. The first-order valence-corrected chi connectivity index (χ1v) is 10.7. The first-order chi connectivity index (χ1) is 14.5. The van der Waals surface area contributed by atoms with Gasteiger partial charge in [0.25, 0.3) is 0 Å². The molecule has 3 aromatic rings. The Hall–Kier alpha value is -2.92. The molecule has 0 heterocycles. The van der Waals surface area contributed by atoms with Crippen molar-refractivity contribution in [3.05, 3.63) is 89.5 Å². The lowest BCUT2D eigenvalue weighted by Crippen LogP contribution is -2.35. The monoisotopic (exact) mass is 421 g/mol. The number of carbonyl (C=O) groups is 1. The molecule has 1 amide bonds. The van der Waals surface area contributed by atoms with E-state index in [9.17, 15) is 4.79 Å². The molecule has 3 aromatic carbocycles. The minimum absolute atomic E-state index is 0.0214. The molecule has 0 aliphatic heterocycles. The molecule has 1 N–H and O–H groups in total. The summed E-state index contributed by atoms with van der Waals surface area (Å²) < 4.78 is 10.7. The van der Waals surface area contributed by atoms with E-state index in [2.05, 4.69) is 24.4 Å². The third kappa shape index (κ3) is 5.16. The van der Waals surface area contributed by atoms with Gasteiger partial charge in [-0.15, -0.1) is 11.8 Å². The average molecular weight is 422 g/mol. The zero-order valence-electron chi connectivity index (χ0n) is 17.7. The molecule has 0 saturated carbocycles. The second-order valence-corrected chi connectivity index (χ2v) is 8.40. The number of methoxy groups -OCH3 is 2. The van der Waals surface area contributed by atoms with Gasteiger partial charge in [-0.3, -0.25) is 4.79 Å². The second-order valence-electron chi connectivity index (χ2n) is 6.99. The maximum Gasteiger partial charge on any atom is 0.233 e. The van der Waals surface area contributed by atoms with Gasteiger partial charge in [0.1, 0.15) is 0 Å². The number of hydrogen-bond donors (Lipinski definition) is 1. The van der Waals surface area contributed by atoms with Crippen LogP contribution in [0, 0.1) is 6.92 Å². The normalized spacial score (nSPS) is 12.7. The molecule has 0 spiro atoms. The van der Waals surface area contributed by atoms with Gasteiger partial charge in [0.15, 0.2) is 11.5 Å². The van der Waals surface area contributed by atoms with Crippen molar-refractivity contribution in [2.75, 3.05) is 14.2 Å². The molecule has 5 heteroatoms. The minimum atomic E-state index is -0.279. The molecule has 30 heavy (non-hydrogen) atoms. The molecule has 4 nitrogen and oxygen atoms in total. The fraction of sp³-hybridized carbons (Fsp3) is 0.240. The van der Waals surface area contributed by atoms with Crippen LogP contribution < -0.4 is 14.8 Å². The predicted molar refractivity (Wildman–Crippen MR) is 122 cm³/mol. The Morgan fingerprint density at radius 3 is 2.23 bits per heavy atom. The maximum absolute atomic E-state index is 13.1. The smallest absolute Gasteiger partial charge is 0.233 e. The average Bonchev–Trinajstić information content (AvgIpc) is 2.78. The van der Waals surface area contributed by atoms with E-state index >= 15 is 0 Å². The predicted octanol–water partition coefficient (Wildman–Crippen LogP) is 5.40. The summed E-state index contributed by atoms with van der Waals surface area (Å²) in [5.74, 6) is 1.30. The van der Waals surface area contributed by atoms with Crippen molar-refractivity contribution in [3.8, 4) is 11.5 Å². The van der Waals surface area contributed by atoms with Crippen LogP contribution in [0.25, 0.3) is 0 Å². The first-order valence-electron chi connectivity index (χ1n) is 9.83. The molecular formula is C25H27NO3S. The zero-order chi connectivity index (χ0) is 21.5. The molecular weight excluding hydrogens is 394 g/mol. The Bertz CT molecular complexity index is 991. The van der Waals surface area contributed by atoms with Gasteiger partial charge in [0.05, 0.1) is 25.5 Å². The van der Waals surface area contributed by atoms with Crippen molar-refractivity contribution in [3.63, 3.8) is 0 Å². The maximum atomic E-state index is 13.1. The summed E-state index contributed by atoms with van der Waals surface area (Å²) in [7, 11) is 3.21. The van der Waals surface area contributed by atoms with Crippen LogP contribution in [-0.4, -0.2) is 25.4 Å². The number of aryl methyl sites for hydroxylation is 1. The highest BCUT2D eigenvalue weighted by Crippen LogP contribution is 2.34. The van der Waals surface area contributed by atoms with Gasteiger partial charge in [0, 0.05) is 4.90 Å². The van der Waals surface area contributed by atoms with Gasteiger partial charge in [-0.25, -0.2) is 0 Å². The van der Waals surface area contributed by atoms with Crippen LogP contribution in [0.4, 0.5) is 0 Å². The SMILES string of the molecule is COc1ccc(S[C@H](C)C(=O)N[C@H](c2ccccc2)c2ccccc2C)cc1OC. The number of nitrogens with one attached hydrogen (secondary N) is 1. The molecule has 3 rings (SSSR count). The number of thioether (sulfide) groups is 1. The number of carbonyl (C=O) groups excluding carboxylic acids is 1. The number of benzene rings is 3. The lowest BCUT2D eigenvalue weighted by atomic mass is 9.95. The third-order valence-corrected chi connectivity index (χ3v) is 6.05. The Balaban J connectivity index is 1.80. The molecule has 0 radical (unpaired) electrons. The number of rotatable bonds is 8. The van der Waals surface area contributed by atoms with E-state index in [-0.39, 0.29) is 17.2 Å². The van der Waals surface area contributed by atoms with Crippen molar-refractivity contribution in [1.82, 2.24) is 5.32 Å². The minimum Gasteiger partial charge on any atom is -0.493 e. The Kier molecular flexibility index (Phi) is 7.41. The van der Waals surface area contributed by atoms with E-state index in [4.69, 9.17) is 9.47 Å². The number of amides is 1. The molecule has 0 fully saturated rings. The fourth-order valence-corrected chi connectivity index (χ4v) is 4.21. The van der Waals surface area contributed by atoms with E-state index < -0.39 is 0 Å². The summed E-state index contributed by atoms with van der Waals surface area (Å²) in [5.41, 5.74) is 3.30. The molecule has 0 aliphatic rings. The Morgan fingerprint density at radius 1 is 0.900 bits per heavy atom. The molecule has 0 aliphatic carbocycles. The highest BCUT2D eigenvalue weighted by Gasteiger charge is 2.22. The summed E-state index contributed by atoms with van der Waals surface area (Å²) >= 11 is 1.49. The van der Waals surface area contributed by atoms with E-state index in [1.807, 2.05) is 67.6 Å². The van der Waals surface area contributed by atoms with Gasteiger partial charge in [0.2, 0.25) is 5.91 Å². The first kappa shape index (κ1) is 21.8. The topological polar surface area (TPSA) is 47.6 Å². The van der Waals surface area contributed by atoms with Gasteiger partial charge >= 0.3 is 0 Å². The van der Waals surface area contributed by atoms with Crippen LogP contribution in [0.15, 0.2) is 77.7 Å². The lowest BCUT2D eigenvalue weighted by molar-refractivity contribution is -0.120. The number of ether oxygens (including phenoxy) is 2. The summed E-state index contributed by atoms with van der Waals surface area (Å²) in [6.07, 6.45) is 0. The highest BCUT2D eigenvalue weighted by molar-refractivity contribution is 8.00. The van der Waals surface area contributed by atoms with Crippen molar-refractivity contribution in [2.45, 2.75) is 30.0 Å². The highest BCUT2D eigenvalue weighted by atomic mass is 32.2. The largest absolute Gasteiger partial charge is 0.493 e. The number of hydrogen-bond acceptors (Lipinski definition) is 4. The summed E-state index contributed by atoms with van der Waals surface area (Å²) in [5, 5.41) is 2.97. The van der Waals surface area contributed by atoms with Gasteiger partial charge < -0.3 is 14.8 Å². The quantitative estimate of drug-likeness (QED) is 0.495. The summed E-state index contributed by atoms with van der Waals surface area (Å²) in [6.45, 7) is 3.98. The van der Waals surface area contributed by atoms with Crippen LogP contribution in [-0.2, 0) is 4.79 Å². The lowest BCUT2D eigenvalue weighted by Gasteiger charge is -2.23. The van der Waals surface area contributed by atoms with E-state index in [0.717, 1.165) is 21.6 Å². The van der Waals surface area contributed by atoms with Crippen molar-refractivity contribution in [1.29, 1.82) is 0 Å². The Morgan fingerprint density at radius 2 is 1.57 bits per heavy atom. The van der Waals surface area contributed by atoms with Crippen molar-refractivity contribution >= 4 is 17.7 Å². The molecule has 0 unspecified atom stereocenters. The van der Waals surface area contributed by atoms with Gasteiger partial charge in [-0.1, -0.05) is 54.6 Å². The van der Waals surface area contributed by atoms with Crippen molar-refractivity contribution in [2.24, 2.45) is 0 Å². The standard InChI is InChI=1S/C25H27NO3S/c1-17-10-8-9-13-21(17)24(19-11-6-5-7-12-19)26-25(27)18(2)30-20-14-15-22(28-3)23(16-20)29-4/h5-16,18,24H,1-4H3,(H,26,27)/t18-,24-/m1/s1. The van der Waals surface area contributed by atoms with Crippen molar-refractivity contribution < 1.29 is 14.3 Å². The molecule has 0 aromatic heterocycles. The van der Waals surface area contributed by atoms with Crippen LogP contribution in [0.5, 0.6) is 11.5 Å². The van der Waals surface area contributed by atoms with E-state index in [1.165, 1.54) is 11.8 Å². The molecule has 0 bridgehead atoms. The van der Waals surface area contributed by atoms with Crippen LogP contribution in [0.3, 0.4) is 0 Å². The molecule has 156 valence electrons. The second kappa shape index (κ2) is 10.2. The zero-order valence-corrected chi connectivity index (χ0v) is 18.5. The summed E-state index contributed by atoms with van der Waals surface area (Å²) in [6, 6.07) is 23.7. The van der Waals surface area contributed by atoms with E-state index in [0.29, 0.717) is 11.5 Å². The van der Waals surface area contributed by atoms with Crippen LogP contribution >= 0.6 is 11.8 Å².